The summed E-state index contributed by atoms with van der Waals surface area (Å²) in [6, 6.07) is 13.3. The Morgan fingerprint density at radius 2 is 1.79 bits per heavy atom. The van der Waals surface area contributed by atoms with Crippen LogP contribution in [-0.2, 0) is 6.61 Å². The van der Waals surface area contributed by atoms with Crippen molar-refractivity contribution in [2.24, 2.45) is 0 Å². The molecule has 0 aliphatic heterocycles. The van der Waals surface area contributed by atoms with E-state index in [1.807, 2.05) is 37.3 Å². The molecule has 3 heteroatoms. The molecule has 0 amide bonds. The third kappa shape index (κ3) is 3.13. The SMILES string of the molecule is Cc1cc(C(=O)O)c(C)cc1OCc1ccccc1. The predicted molar refractivity (Wildman–Crippen MR) is 73.6 cm³/mol. The summed E-state index contributed by atoms with van der Waals surface area (Å²) in [6.07, 6.45) is 0. The maximum Gasteiger partial charge on any atom is 0.335 e. The zero-order valence-corrected chi connectivity index (χ0v) is 11.0. The number of carboxylic acid groups (broad SMARTS) is 1. The molecular formula is C16H16O3. The standard InChI is InChI=1S/C16H16O3/c1-11-9-15(12(2)8-14(11)16(17)18)19-10-13-6-4-3-5-7-13/h3-9H,10H2,1-2H3,(H,17,18). The van der Waals surface area contributed by atoms with Gasteiger partial charge in [-0.15, -0.1) is 0 Å². The molecule has 0 aliphatic rings. The third-order valence-corrected chi connectivity index (χ3v) is 2.99. The number of hydrogen-bond donors (Lipinski definition) is 1. The molecule has 0 saturated carbocycles. The molecule has 0 fully saturated rings. The van der Waals surface area contributed by atoms with Gasteiger partial charge in [0, 0.05) is 0 Å². The van der Waals surface area contributed by atoms with Crippen molar-refractivity contribution in [2.45, 2.75) is 20.5 Å². The number of aryl methyl sites for hydroxylation is 2. The van der Waals surface area contributed by atoms with E-state index in [0.29, 0.717) is 17.7 Å². The van der Waals surface area contributed by atoms with Crippen molar-refractivity contribution in [3.05, 3.63) is 64.7 Å². The number of carbonyl (C=O) groups is 1. The zero-order chi connectivity index (χ0) is 13.8. The Bertz CT molecular complexity index is 588. The Balaban J connectivity index is 2.17. The molecule has 0 unspecified atom stereocenters. The first kappa shape index (κ1) is 13.1. The van der Waals surface area contributed by atoms with Gasteiger partial charge in [-0.3, -0.25) is 0 Å². The lowest BCUT2D eigenvalue weighted by Crippen LogP contribution is -2.03. The van der Waals surface area contributed by atoms with E-state index in [4.69, 9.17) is 9.84 Å². The van der Waals surface area contributed by atoms with Crippen LogP contribution in [0.5, 0.6) is 5.75 Å². The second-order valence-electron chi connectivity index (χ2n) is 4.51. The Morgan fingerprint density at radius 3 is 2.42 bits per heavy atom. The number of ether oxygens (including phenoxy) is 1. The van der Waals surface area contributed by atoms with Crippen LogP contribution in [0.4, 0.5) is 0 Å². The molecule has 0 radical (unpaired) electrons. The van der Waals surface area contributed by atoms with Gasteiger partial charge >= 0.3 is 5.97 Å². The molecule has 0 aromatic heterocycles. The highest BCUT2D eigenvalue weighted by Gasteiger charge is 2.11. The van der Waals surface area contributed by atoms with Crippen molar-refractivity contribution in [2.75, 3.05) is 0 Å². The fourth-order valence-electron chi connectivity index (χ4n) is 1.91. The van der Waals surface area contributed by atoms with Crippen molar-refractivity contribution in [1.82, 2.24) is 0 Å². The number of rotatable bonds is 4. The van der Waals surface area contributed by atoms with Gasteiger partial charge in [0.1, 0.15) is 12.4 Å². The van der Waals surface area contributed by atoms with Gasteiger partial charge in [-0.1, -0.05) is 30.3 Å². The summed E-state index contributed by atoms with van der Waals surface area (Å²) in [5.74, 6) is -0.179. The molecule has 0 spiro atoms. The summed E-state index contributed by atoms with van der Waals surface area (Å²) < 4.78 is 5.75. The van der Waals surface area contributed by atoms with Gasteiger partial charge < -0.3 is 9.84 Å². The summed E-state index contributed by atoms with van der Waals surface area (Å²) >= 11 is 0. The molecule has 3 nitrogen and oxygen atoms in total. The van der Waals surface area contributed by atoms with E-state index in [0.717, 1.165) is 16.9 Å². The molecule has 1 N–H and O–H groups in total. The molecular weight excluding hydrogens is 240 g/mol. The van der Waals surface area contributed by atoms with Crippen LogP contribution in [-0.4, -0.2) is 11.1 Å². The molecule has 2 rings (SSSR count). The Kier molecular flexibility index (Phi) is 3.85. The summed E-state index contributed by atoms with van der Waals surface area (Å²) in [4.78, 5) is 11.0. The first-order chi connectivity index (χ1) is 9.08. The first-order valence-electron chi connectivity index (χ1n) is 6.09. The van der Waals surface area contributed by atoms with Crippen molar-refractivity contribution in [3.8, 4) is 5.75 Å². The number of benzene rings is 2. The Morgan fingerprint density at radius 1 is 1.11 bits per heavy atom. The average molecular weight is 256 g/mol. The lowest BCUT2D eigenvalue weighted by atomic mass is 10.0. The largest absolute Gasteiger partial charge is 0.489 e. The smallest absolute Gasteiger partial charge is 0.335 e. The lowest BCUT2D eigenvalue weighted by molar-refractivity contribution is 0.0696. The lowest BCUT2D eigenvalue weighted by Gasteiger charge is -2.11. The van der Waals surface area contributed by atoms with E-state index in [1.54, 1.807) is 19.1 Å². The highest BCUT2D eigenvalue weighted by Crippen LogP contribution is 2.23. The first-order valence-corrected chi connectivity index (χ1v) is 6.09. The van der Waals surface area contributed by atoms with E-state index in [1.165, 1.54) is 0 Å². The molecule has 0 atom stereocenters. The van der Waals surface area contributed by atoms with E-state index in [-0.39, 0.29) is 0 Å². The van der Waals surface area contributed by atoms with Crippen LogP contribution in [0.2, 0.25) is 0 Å². The van der Waals surface area contributed by atoms with Crippen LogP contribution >= 0.6 is 0 Å². The average Bonchev–Trinajstić information content (AvgIpc) is 2.40. The monoisotopic (exact) mass is 256 g/mol. The molecule has 19 heavy (non-hydrogen) atoms. The number of carboxylic acids is 1. The summed E-state index contributed by atoms with van der Waals surface area (Å²) in [5.41, 5.74) is 2.95. The molecule has 98 valence electrons. The molecule has 2 aromatic rings. The van der Waals surface area contributed by atoms with Crippen molar-refractivity contribution in [3.63, 3.8) is 0 Å². The van der Waals surface area contributed by atoms with Crippen molar-refractivity contribution >= 4 is 5.97 Å². The fraction of sp³-hybridized carbons (Fsp3) is 0.188. The van der Waals surface area contributed by atoms with E-state index in [9.17, 15) is 4.79 Å². The van der Waals surface area contributed by atoms with Gasteiger partial charge in [0.05, 0.1) is 5.56 Å². The Labute approximate surface area is 112 Å². The van der Waals surface area contributed by atoms with Crippen LogP contribution < -0.4 is 4.74 Å². The summed E-state index contributed by atoms with van der Waals surface area (Å²) in [6.45, 7) is 4.11. The maximum atomic E-state index is 11.0. The van der Waals surface area contributed by atoms with Crippen molar-refractivity contribution < 1.29 is 14.6 Å². The minimum atomic E-state index is -0.907. The highest BCUT2D eigenvalue weighted by molar-refractivity contribution is 5.89. The maximum absolute atomic E-state index is 11.0. The molecule has 2 aromatic carbocycles. The van der Waals surface area contributed by atoms with Crippen LogP contribution in [0.3, 0.4) is 0 Å². The molecule has 0 bridgehead atoms. The van der Waals surface area contributed by atoms with Crippen LogP contribution in [0.1, 0.15) is 27.0 Å². The van der Waals surface area contributed by atoms with Gasteiger partial charge in [0.25, 0.3) is 0 Å². The van der Waals surface area contributed by atoms with Crippen molar-refractivity contribution in [1.29, 1.82) is 0 Å². The zero-order valence-electron chi connectivity index (χ0n) is 11.0. The summed E-state index contributed by atoms with van der Waals surface area (Å²) in [7, 11) is 0. The topological polar surface area (TPSA) is 46.5 Å². The van der Waals surface area contributed by atoms with Crippen LogP contribution in [0.15, 0.2) is 42.5 Å². The van der Waals surface area contributed by atoms with E-state index < -0.39 is 5.97 Å². The number of hydrogen-bond acceptors (Lipinski definition) is 2. The quantitative estimate of drug-likeness (QED) is 0.909. The van der Waals surface area contributed by atoms with E-state index in [2.05, 4.69) is 0 Å². The minimum absolute atomic E-state index is 0.324. The predicted octanol–water partition coefficient (Wildman–Crippen LogP) is 3.58. The second kappa shape index (κ2) is 5.57. The third-order valence-electron chi connectivity index (χ3n) is 2.99. The van der Waals surface area contributed by atoms with Gasteiger partial charge in [-0.2, -0.15) is 0 Å². The minimum Gasteiger partial charge on any atom is -0.489 e. The number of aromatic carboxylic acids is 1. The molecule has 0 saturated heterocycles. The molecule has 0 aliphatic carbocycles. The summed E-state index contributed by atoms with van der Waals surface area (Å²) in [5, 5.41) is 9.05. The van der Waals surface area contributed by atoms with Gasteiger partial charge in [-0.05, 0) is 42.7 Å². The van der Waals surface area contributed by atoms with E-state index >= 15 is 0 Å². The highest BCUT2D eigenvalue weighted by atomic mass is 16.5. The van der Waals surface area contributed by atoms with Crippen LogP contribution in [0, 0.1) is 13.8 Å². The fourth-order valence-corrected chi connectivity index (χ4v) is 1.91. The normalized spacial score (nSPS) is 10.2. The van der Waals surface area contributed by atoms with Gasteiger partial charge in [-0.25, -0.2) is 4.79 Å². The second-order valence-corrected chi connectivity index (χ2v) is 4.51. The van der Waals surface area contributed by atoms with Crippen LogP contribution in [0.25, 0.3) is 0 Å². The van der Waals surface area contributed by atoms with Gasteiger partial charge in [0.2, 0.25) is 0 Å². The Hall–Kier alpha value is -2.29. The van der Waals surface area contributed by atoms with Gasteiger partial charge in [0.15, 0.2) is 0 Å². The molecule has 0 heterocycles.